The van der Waals surface area contributed by atoms with Gasteiger partial charge in [-0.2, -0.15) is 0 Å². The number of para-hydroxylation sites is 2. The summed E-state index contributed by atoms with van der Waals surface area (Å²) in [6.07, 6.45) is -0.427. The van der Waals surface area contributed by atoms with Crippen molar-refractivity contribution in [3.8, 4) is 0 Å². The molecule has 0 aliphatic carbocycles. The Labute approximate surface area is 175 Å². The van der Waals surface area contributed by atoms with Crippen molar-refractivity contribution < 1.29 is 19.2 Å². The van der Waals surface area contributed by atoms with Crippen LogP contribution in [0.25, 0.3) is 0 Å². The zero-order valence-electron chi connectivity index (χ0n) is 17.7. The third kappa shape index (κ3) is 6.30. The molecule has 0 unspecified atom stereocenters. The number of hydrogen-bond donors (Lipinski definition) is 2. The molecule has 160 valence electrons. The normalized spacial score (nSPS) is 11.5. The summed E-state index contributed by atoms with van der Waals surface area (Å²) in [5.74, 6) is -0.893. The van der Waals surface area contributed by atoms with E-state index < -0.39 is 22.9 Å². The number of ether oxygens (including phenoxy) is 1. The number of amides is 1. The largest absolute Gasteiger partial charge is 0.453 e. The van der Waals surface area contributed by atoms with Gasteiger partial charge in [0.1, 0.15) is 5.69 Å². The SMILES string of the molecule is Cc1cc(C)c(NC(=O)[C@H](C)OC(=O)CCCNc2ccccc2[N+](=O)[O-])c(C)c1. The zero-order chi connectivity index (χ0) is 22.3. The first kappa shape index (κ1) is 22.9. The number of nitrogens with one attached hydrogen (secondary N) is 2. The van der Waals surface area contributed by atoms with Gasteiger partial charge in [0.25, 0.3) is 11.6 Å². The van der Waals surface area contributed by atoms with Crippen LogP contribution < -0.4 is 10.6 Å². The van der Waals surface area contributed by atoms with E-state index in [1.54, 1.807) is 18.2 Å². The molecule has 0 aromatic heterocycles. The van der Waals surface area contributed by atoms with Crippen LogP contribution in [0, 0.1) is 30.9 Å². The molecule has 2 N–H and O–H groups in total. The molecular formula is C22H27N3O5. The molecule has 0 spiro atoms. The number of carbonyl (C=O) groups excluding carboxylic acids is 2. The Morgan fingerprint density at radius 3 is 2.40 bits per heavy atom. The molecule has 2 aromatic carbocycles. The lowest BCUT2D eigenvalue weighted by molar-refractivity contribution is -0.384. The zero-order valence-corrected chi connectivity index (χ0v) is 17.7. The third-order valence-electron chi connectivity index (χ3n) is 4.58. The number of esters is 1. The Morgan fingerprint density at radius 2 is 1.77 bits per heavy atom. The lowest BCUT2D eigenvalue weighted by atomic mass is 10.0. The first-order chi connectivity index (χ1) is 14.2. The van der Waals surface area contributed by atoms with E-state index in [-0.39, 0.29) is 12.1 Å². The highest BCUT2D eigenvalue weighted by molar-refractivity contribution is 5.96. The lowest BCUT2D eigenvalue weighted by Gasteiger charge is -2.17. The predicted octanol–water partition coefficient (Wildman–Crippen LogP) is 4.28. The predicted molar refractivity (Wildman–Crippen MR) is 116 cm³/mol. The van der Waals surface area contributed by atoms with E-state index in [9.17, 15) is 19.7 Å². The third-order valence-corrected chi connectivity index (χ3v) is 4.58. The van der Waals surface area contributed by atoms with Gasteiger partial charge in [-0.05, 0) is 51.3 Å². The molecule has 0 aliphatic rings. The molecule has 1 amide bonds. The molecule has 2 rings (SSSR count). The molecule has 0 radical (unpaired) electrons. The highest BCUT2D eigenvalue weighted by Gasteiger charge is 2.19. The number of aryl methyl sites for hydroxylation is 3. The molecule has 0 aliphatic heterocycles. The molecule has 8 nitrogen and oxygen atoms in total. The van der Waals surface area contributed by atoms with Crippen LogP contribution in [-0.4, -0.2) is 29.4 Å². The summed E-state index contributed by atoms with van der Waals surface area (Å²) in [4.78, 5) is 35.0. The summed E-state index contributed by atoms with van der Waals surface area (Å²) in [5, 5.41) is 16.8. The minimum absolute atomic E-state index is 0.0212. The molecule has 0 fully saturated rings. The second-order valence-corrected chi connectivity index (χ2v) is 7.20. The topological polar surface area (TPSA) is 111 Å². The first-order valence-electron chi connectivity index (χ1n) is 9.74. The van der Waals surface area contributed by atoms with Gasteiger partial charge in [0.2, 0.25) is 0 Å². The van der Waals surface area contributed by atoms with Crippen LogP contribution >= 0.6 is 0 Å². The van der Waals surface area contributed by atoms with Crippen LogP contribution in [0.5, 0.6) is 0 Å². The first-order valence-corrected chi connectivity index (χ1v) is 9.74. The number of rotatable bonds is 9. The fourth-order valence-corrected chi connectivity index (χ4v) is 3.15. The van der Waals surface area contributed by atoms with Gasteiger partial charge in [0.05, 0.1) is 4.92 Å². The lowest BCUT2D eigenvalue weighted by Crippen LogP contribution is -2.30. The average Bonchev–Trinajstić information content (AvgIpc) is 2.67. The van der Waals surface area contributed by atoms with Gasteiger partial charge in [-0.25, -0.2) is 0 Å². The summed E-state index contributed by atoms with van der Waals surface area (Å²) in [6.45, 7) is 7.70. The highest BCUT2D eigenvalue weighted by atomic mass is 16.6. The maximum absolute atomic E-state index is 12.4. The van der Waals surface area contributed by atoms with Crippen LogP contribution in [-0.2, 0) is 14.3 Å². The van der Waals surface area contributed by atoms with Crippen molar-refractivity contribution in [1.82, 2.24) is 0 Å². The minimum atomic E-state index is -0.930. The van der Waals surface area contributed by atoms with Gasteiger partial charge in [0.15, 0.2) is 6.10 Å². The van der Waals surface area contributed by atoms with Crippen molar-refractivity contribution in [3.05, 3.63) is 63.2 Å². The maximum atomic E-state index is 12.4. The second-order valence-electron chi connectivity index (χ2n) is 7.20. The summed E-state index contributed by atoms with van der Waals surface area (Å²) in [7, 11) is 0. The van der Waals surface area contributed by atoms with Crippen LogP contribution in [0.3, 0.4) is 0 Å². The summed E-state index contributed by atoms with van der Waals surface area (Å²) < 4.78 is 5.22. The molecule has 8 heteroatoms. The molecular weight excluding hydrogens is 386 g/mol. The molecule has 0 bridgehead atoms. The van der Waals surface area contributed by atoms with Crippen molar-refractivity contribution in [3.63, 3.8) is 0 Å². The number of benzene rings is 2. The second kappa shape index (κ2) is 10.4. The van der Waals surface area contributed by atoms with Crippen LogP contribution in [0.2, 0.25) is 0 Å². The van der Waals surface area contributed by atoms with Crippen molar-refractivity contribution >= 4 is 28.9 Å². The number of anilines is 2. The number of hydrogen-bond acceptors (Lipinski definition) is 6. The van der Waals surface area contributed by atoms with Crippen molar-refractivity contribution in [1.29, 1.82) is 0 Å². The van der Waals surface area contributed by atoms with Gasteiger partial charge >= 0.3 is 5.97 Å². The fourth-order valence-electron chi connectivity index (χ4n) is 3.15. The van der Waals surface area contributed by atoms with Crippen LogP contribution in [0.1, 0.15) is 36.5 Å². The Bertz CT molecular complexity index is 919. The smallest absolute Gasteiger partial charge is 0.306 e. The van der Waals surface area contributed by atoms with Crippen LogP contribution in [0.4, 0.5) is 17.1 Å². The average molecular weight is 413 g/mol. The Morgan fingerprint density at radius 1 is 1.13 bits per heavy atom. The van der Waals surface area contributed by atoms with E-state index >= 15 is 0 Å². The van der Waals surface area contributed by atoms with Crippen molar-refractivity contribution in [2.45, 2.75) is 46.6 Å². The van der Waals surface area contributed by atoms with Gasteiger partial charge in [-0.15, -0.1) is 0 Å². The van der Waals surface area contributed by atoms with Gasteiger partial charge in [-0.1, -0.05) is 29.8 Å². The van der Waals surface area contributed by atoms with E-state index in [4.69, 9.17) is 4.74 Å². The van der Waals surface area contributed by atoms with Crippen molar-refractivity contribution in [2.24, 2.45) is 0 Å². The van der Waals surface area contributed by atoms with Gasteiger partial charge < -0.3 is 15.4 Å². The molecule has 0 saturated carbocycles. The molecule has 30 heavy (non-hydrogen) atoms. The van der Waals surface area contributed by atoms with E-state index in [0.29, 0.717) is 18.7 Å². The number of nitro groups is 1. The van der Waals surface area contributed by atoms with E-state index in [0.717, 1.165) is 22.4 Å². The van der Waals surface area contributed by atoms with E-state index in [1.807, 2.05) is 32.9 Å². The summed E-state index contributed by atoms with van der Waals surface area (Å²) in [6, 6.07) is 10.3. The molecule has 2 aromatic rings. The quantitative estimate of drug-likeness (QED) is 0.275. The summed E-state index contributed by atoms with van der Waals surface area (Å²) >= 11 is 0. The Hall–Kier alpha value is -3.42. The summed E-state index contributed by atoms with van der Waals surface area (Å²) in [5.41, 5.74) is 4.10. The van der Waals surface area contributed by atoms with E-state index in [2.05, 4.69) is 10.6 Å². The number of carbonyl (C=O) groups is 2. The number of nitro benzene ring substituents is 1. The standard InChI is InChI=1S/C22H27N3O5/c1-14-12-15(2)21(16(3)13-14)24-22(27)17(4)30-20(26)10-7-11-23-18-8-5-6-9-19(18)25(28)29/h5-6,8-9,12-13,17,23H,7,10-11H2,1-4H3,(H,24,27)/t17-/m0/s1. The van der Waals surface area contributed by atoms with Crippen molar-refractivity contribution in [2.75, 3.05) is 17.2 Å². The van der Waals surface area contributed by atoms with Crippen LogP contribution in [0.15, 0.2) is 36.4 Å². The van der Waals surface area contributed by atoms with E-state index in [1.165, 1.54) is 13.0 Å². The fraction of sp³-hybridized carbons (Fsp3) is 0.364. The molecule has 0 heterocycles. The van der Waals surface area contributed by atoms with Gasteiger partial charge in [-0.3, -0.25) is 19.7 Å². The minimum Gasteiger partial charge on any atom is -0.453 e. The molecule has 0 saturated heterocycles. The highest BCUT2D eigenvalue weighted by Crippen LogP contribution is 2.23. The van der Waals surface area contributed by atoms with Gasteiger partial charge in [0, 0.05) is 24.7 Å². The Kier molecular flexibility index (Phi) is 7.91. The molecule has 1 atom stereocenters. The monoisotopic (exact) mass is 413 g/mol. The number of nitrogens with zero attached hydrogens (tertiary/aromatic N) is 1. The maximum Gasteiger partial charge on any atom is 0.306 e. The Balaban J connectivity index is 1.79.